The minimum Gasteiger partial charge on any atom is -0.355 e. The van der Waals surface area contributed by atoms with Crippen LogP contribution in [0.5, 0.6) is 0 Å². The van der Waals surface area contributed by atoms with Gasteiger partial charge in [-0.2, -0.15) is 0 Å². The van der Waals surface area contributed by atoms with Crippen LogP contribution >= 0.6 is 0 Å². The van der Waals surface area contributed by atoms with Crippen molar-refractivity contribution in [2.24, 2.45) is 0 Å². The van der Waals surface area contributed by atoms with E-state index in [1.165, 1.54) is 24.3 Å². The van der Waals surface area contributed by atoms with Gasteiger partial charge >= 0.3 is 0 Å². The van der Waals surface area contributed by atoms with Gasteiger partial charge in [-0.3, -0.25) is 4.79 Å². The monoisotopic (exact) mass is 467 g/mol. The van der Waals surface area contributed by atoms with Crippen LogP contribution in [0.15, 0.2) is 58.3 Å². The fourth-order valence-corrected chi connectivity index (χ4v) is 5.03. The Kier molecular flexibility index (Phi) is 8.75. The van der Waals surface area contributed by atoms with E-state index in [1.54, 1.807) is 38.1 Å². The Balaban J connectivity index is 1.75. The molecule has 0 fully saturated rings. The molecule has 0 heterocycles. The first kappa shape index (κ1) is 25.0. The Morgan fingerprint density at radius 2 is 1.39 bits per heavy atom. The SMILES string of the molecule is Cc1ccc(S(=O)(=O)NCCNC(=O)CCc2ccc(S(=O)(=O)NC(C)C)cc2)cc1. The van der Waals surface area contributed by atoms with E-state index in [1.807, 2.05) is 6.92 Å². The molecule has 0 aliphatic heterocycles. The Bertz CT molecular complexity index is 1080. The molecule has 0 spiro atoms. The highest BCUT2D eigenvalue weighted by molar-refractivity contribution is 7.89. The largest absolute Gasteiger partial charge is 0.355 e. The van der Waals surface area contributed by atoms with Crippen molar-refractivity contribution in [3.63, 3.8) is 0 Å². The van der Waals surface area contributed by atoms with Gasteiger partial charge in [0.05, 0.1) is 9.79 Å². The number of aryl methyl sites for hydroxylation is 2. The quantitative estimate of drug-likeness (QED) is 0.435. The zero-order valence-corrected chi connectivity index (χ0v) is 19.5. The number of nitrogens with one attached hydrogen (secondary N) is 3. The minimum atomic E-state index is -3.61. The highest BCUT2D eigenvalue weighted by atomic mass is 32.2. The Morgan fingerprint density at radius 1 is 0.839 bits per heavy atom. The van der Waals surface area contributed by atoms with Crippen LogP contribution in [-0.2, 0) is 31.3 Å². The van der Waals surface area contributed by atoms with Crippen molar-refractivity contribution in [2.75, 3.05) is 13.1 Å². The molecule has 3 N–H and O–H groups in total. The molecule has 0 saturated heterocycles. The average Bonchev–Trinajstić information content (AvgIpc) is 2.69. The molecule has 8 nitrogen and oxygen atoms in total. The molecule has 10 heteroatoms. The molecule has 170 valence electrons. The van der Waals surface area contributed by atoms with Crippen LogP contribution in [0.2, 0.25) is 0 Å². The maximum Gasteiger partial charge on any atom is 0.240 e. The third-order valence-electron chi connectivity index (χ3n) is 4.34. The second-order valence-corrected chi connectivity index (χ2v) is 11.0. The van der Waals surface area contributed by atoms with Gasteiger partial charge < -0.3 is 5.32 Å². The summed E-state index contributed by atoms with van der Waals surface area (Å²) in [5.74, 6) is -0.215. The van der Waals surface area contributed by atoms with Gasteiger partial charge in [0.1, 0.15) is 0 Å². The lowest BCUT2D eigenvalue weighted by molar-refractivity contribution is -0.121. The molecule has 0 radical (unpaired) electrons. The molecule has 0 saturated carbocycles. The van der Waals surface area contributed by atoms with Crippen LogP contribution in [-0.4, -0.2) is 41.9 Å². The van der Waals surface area contributed by atoms with Crippen LogP contribution in [0.4, 0.5) is 0 Å². The smallest absolute Gasteiger partial charge is 0.240 e. The van der Waals surface area contributed by atoms with Crippen molar-refractivity contribution in [1.82, 2.24) is 14.8 Å². The number of carbonyl (C=O) groups is 1. The van der Waals surface area contributed by atoms with Crippen LogP contribution in [0.25, 0.3) is 0 Å². The molecule has 2 aromatic rings. The summed E-state index contributed by atoms with van der Waals surface area (Å²) in [6.45, 7) is 5.62. The average molecular weight is 468 g/mol. The maximum absolute atomic E-state index is 12.2. The summed E-state index contributed by atoms with van der Waals surface area (Å²) in [4.78, 5) is 12.4. The predicted molar refractivity (Wildman–Crippen MR) is 120 cm³/mol. The maximum atomic E-state index is 12.2. The van der Waals surface area contributed by atoms with Gasteiger partial charge in [0.15, 0.2) is 0 Å². The van der Waals surface area contributed by atoms with Gasteiger partial charge in [-0.15, -0.1) is 0 Å². The van der Waals surface area contributed by atoms with Crippen LogP contribution in [0, 0.1) is 6.92 Å². The van der Waals surface area contributed by atoms with E-state index in [4.69, 9.17) is 0 Å². The number of amides is 1. The highest BCUT2D eigenvalue weighted by Crippen LogP contribution is 2.12. The summed E-state index contributed by atoms with van der Waals surface area (Å²) < 4.78 is 53.6. The minimum absolute atomic E-state index is 0.0807. The van der Waals surface area contributed by atoms with Crippen LogP contribution in [0.1, 0.15) is 31.4 Å². The van der Waals surface area contributed by atoms with E-state index in [0.717, 1.165) is 11.1 Å². The molecule has 0 aromatic heterocycles. The normalized spacial score (nSPS) is 12.1. The number of sulfonamides is 2. The van der Waals surface area contributed by atoms with Crippen LogP contribution < -0.4 is 14.8 Å². The fraction of sp³-hybridized carbons (Fsp3) is 0.381. The lowest BCUT2D eigenvalue weighted by Gasteiger charge is -2.10. The summed E-state index contributed by atoms with van der Waals surface area (Å²) in [7, 11) is -7.15. The van der Waals surface area contributed by atoms with E-state index < -0.39 is 20.0 Å². The first-order chi connectivity index (χ1) is 14.5. The predicted octanol–water partition coefficient (Wildman–Crippen LogP) is 1.71. The summed E-state index contributed by atoms with van der Waals surface area (Å²) in [5.41, 5.74) is 1.80. The van der Waals surface area contributed by atoms with Crippen molar-refractivity contribution >= 4 is 26.0 Å². The molecule has 0 bridgehead atoms. The van der Waals surface area contributed by atoms with Gasteiger partial charge in [0, 0.05) is 25.6 Å². The van der Waals surface area contributed by atoms with Crippen molar-refractivity contribution in [3.8, 4) is 0 Å². The van der Waals surface area contributed by atoms with Gasteiger partial charge in [-0.25, -0.2) is 26.3 Å². The van der Waals surface area contributed by atoms with E-state index in [2.05, 4.69) is 14.8 Å². The van der Waals surface area contributed by atoms with Gasteiger partial charge in [-0.05, 0) is 57.0 Å². The Morgan fingerprint density at radius 3 is 1.97 bits per heavy atom. The number of hydrogen-bond acceptors (Lipinski definition) is 5. The van der Waals surface area contributed by atoms with E-state index in [0.29, 0.717) is 6.42 Å². The third kappa shape index (κ3) is 8.06. The molecule has 2 rings (SSSR count). The lowest BCUT2D eigenvalue weighted by Crippen LogP contribution is -2.34. The number of benzene rings is 2. The van der Waals surface area contributed by atoms with E-state index in [-0.39, 0.29) is 41.3 Å². The van der Waals surface area contributed by atoms with Crippen LogP contribution in [0.3, 0.4) is 0 Å². The first-order valence-corrected chi connectivity index (χ1v) is 12.9. The van der Waals surface area contributed by atoms with E-state index >= 15 is 0 Å². The summed E-state index contributed by atoms with van der Waals surface area (Å²) in [5, 5.41) is 2.67. The lowest BCUT2D eigenvalue weighted by atomic mass is 10.1. The summed E-state index contributed by atoms with van der Waals surface area (Å²) in [6, 6.07) is 12.7. The molecule has 0 unspecified atom stereocenters. The molecular formula is C21H29N3O5S2. The summed E-state index contributed by atoms with van der Waals surface area (Å²) >= 11 is 0. The zero-order valence-electron chi connectivity index (χ0n) is 17.9. The topological polar surface area (TPSA) is 121 Å². The second-order valence-electron chi connectivity index (χ2n) is 7.48. The highest BCUT2D eigenvalue weighted by Gasteiger charge is 2.15. The third-order valence-corrected chi connectivity index (χ3v) is 7.49. The number of rotatable bonds is 11. The number of hydrogen-bond donors (Lipinski definition) is 3. The number of carbonyl (C=O) groups excluding carboxylic acids is 1. The molecular weight excluding hydrogens is 438 g/mol. The Hall–Kier alpha value is -2.27. The molecule has 31 heavy (non-hydrogen) atoms. The molecule has 0 aliphatic carbocycles. The first-order valence-electron chi connectivity index (χ1n) is 9.94. The van der Waals surface area contributed by atoms with Crippen molar-refractivity contribution < 1.29 is 21.6 Å². The fourth-order valence-electron chi connectivity index (χ4n) is 2.75. The van der Waals surface area contributed by atoms with E-state index in [9.17, 15) is 21.6 Å². The molecule has 0 atom stereocenters. The standard InChI is InChI=1S/C21H29N3O5S2/c1-16(2)24-31(28,29)20-11-6-18(7-12-20)8-13-21(25)22-14-15-23-30(26,27)19-9-4-17(3)5-10-19/h4-7,9-12,16,23-24H,8,13-15H2,1-3H3,(H,22,25). The van der Waals surface area contributed by atoms with Crippen molar-refractivity contribution in [2.45, 2.75) is 49.4 Å². The van der Waals surface area contributed by atoms with Crippen molar-refractivity contribution in [3.05, 3.63) is 59.7 Å². The second kappa shape index (κ2) is 10.9. The summed E-state index contributed by atoms with van der Waals surface area (Å²) in [6.07, 6.45) is 0.653. The molecule has 2 aromatic carbocycles. The molecule has 0 aliphatic rings. The van der Waals surface area contributed by atoms with Gasteiger partial charge in [0.25, 0.3) is 0 Å². The zero-order chi connectivity index (χ0) is 23.1. The van der Waals surface area contributed by atoms with Crippen molar-refractivity contribution in [1.29, 1.82) is 0 Å². The molecule has 1 amide bonds. The van der Waals surface area contributed by atoms with Gasteiger partial charge in [0.2, 0.25) is 26.0 Å². The Labute approximate surface area is 184 Å². The van der Waals surface area contributed by atoms with Gasteiger partial charge in [-0.1, -0.05) is 29.8 Å².